The highest BCUT2D eigenvalue weighted by Crippen LogP contribution is 2.40. The maximum atomic E-state index is 12.8. The molecule has 0 saturated carbocycles. The van der Waals surface area contributed by atoms with Crippen molar-refractivity contribution in [1.29, 1.82) is 0 Å². The number of halogens is 1. The zero-order valence-corrected chi connectivity index (χ0v) is 17.3. The molecule has 0 unspecified atom stereocenters. The lowest BCUT2D eigenvalue weighted by atomic mass is 10.1. The van der Waals surface area contributed by atoms with Crippen LogP contribution in [-0.2, 0) is 17.8 Å². The van der Waals surface area contributed by atoms with Crippen molar-refractivity contribution in [2.24, 2.45) is 0 Å². The van der Waals surface area contributed by atoms with Crippen LogP contribution in [-0.4, -0.2) is 42.6 Å². The van der Waals surface area contributed by atoms with Crippen LogP contribution in [0.5, 0.6) is 17.2 Å². The Labute approximate surface area is 172 Å². The Bertz CT molecular complexity index is 862. The summed E-state index contributed by atoms with van der Waals surface area (Å²) in [7, 11) is 4.60. The van der Waals surface area contributed by atoms with Gasteiger partial charge in [-0.05, 0) is 41.8 Å². The lowest BCUT2D eigenvalue weighted by Crippen LogP contribution is -2.31. The van der Waals surface area contributed by atoms with Crippen LogP contribution in [0.4, 0.5) is 4.79 Å². The third kappa shape index (κ3) is 4.20. The minimum absolute atomic E-state index is 0.210. The van der Waals surface area contributed by atoms with E-state index in [9.17, 15) is 9.59 Å². The number of nitrogens with zero attached hydrogens (tertiary/aromatic N) is 1. The lowest BCUT2D eigenvalue weighted by molar-refractivity contribution is -0.127. The standard InChI is InChI=1S/C20H20ClNO5S/c1-25-15-8-13(9-16(26-2)18(15)27-3)10-17-19(23)22(20(24)28-17)11-12-4-6-14(21)7-5-12/h4-9,17H,10-11H2,1-3H3/t17-/m1/s1. The molecule has 28 heavy (non-hydrogen) atoms. The van der Waals surface area contributed by atoms with E-state index in [2.05, 4.69) is 0 Å². The highest BCUT2D eigenvalue weighted by molar-refractivity contribution is 8.15. The molecule has 2 amide bonds. The highest BCUT2D eigenvalue weighted by atomic mass is 35.5. The van der Waals surface area contributed by atoms with E-state index in [1.807, 2.05) is 0 Å². The van der Waals surface area contributed by atoms with Crippen LogP contribution in [0.3, 0.4) is 0 Å². The number of rotatable bonds is 7. The van der Waals surface area contributed by atoms with Crippen LogP contribution in [0, 0.1) is 0 Å². The molecular formula is C20H20ClNO5S. The number of benzene rings is 2. The molecule has 3 rings (SSSR count). The molecule has 0 aromatic heterocycles. The van der Waals surface area contributed by atoms with Gasteiger partial charge in [-0.2, -0.15) is 0 Å². The Morgan fingerprint density at radius 2 is 1.57 bits per heavy atom. The van der Waals surface area contributed by atoms with Gasteiger partial charge in [0.25, 0.3) is 5.24 Å². The number of methoxy groups -OCH3 is 3. The molecule has 0 radical (unpaired) electrons. The van der Waals surface area contributed by atoms with Gasteiger partial charge in [0.05, 0.1) is 33.1 Å². The van der Waals surface area contributed by atoms with Crippen LogP contribution in [0.15, 0.2) is 36.4 Å². The average Bonchev–Trinajstić information content (AvgIpc) is 2.96. The van der Waals surface area contributed by atoms with Gasteiger partial charge in [-0.3, -0.25) is 14.5 Å². The molecule has 0 aliphatic carbocycles. The fourth-order valence-electron chi connectivity index (χ4n) is 3.01. The molecule has 0 N–H and O–H groups in total. The fraction of sp³-hybridized carbons (Fsp3) is 0.300. The smallest absolute Gasteiger partial charge is 0.289 e. The Kier molecular flexibility index (Phi) is 6.36. The molecular weight excluding hydrogens is 402 g/mol. The van der Waals surface area contributed by atoms with Crippen molar-refractivity contribution < 1.29 is 23.8 Å². The highest BCUT2D eigenvalue weighted by Gasteiger charge is 2.39. The summed E-state index contributed by atoms with van der Waals surface area (Å²) in [5.74, 6) is 1.30. The molecule has 6 nitrogen and oxygen atoms in total. The quantitative estimate of drug-likeness (QED) is 0.668. The van der Waals surface area contributed by atoms with Gasteiger partial charge >= 0.3 is 0 Å². The summed E-state index contributed by atoms with van der Waals surface area (Å²) in [5, 5.41) is -0.141. The number of ether oxygens (including phenoxy) is 3. The first-order valence-corrected chi connectivity index (χ1v) is 9.78. The molecule has 1 atom stereocenters. The third-order valence-corrected chi connectivity index (χ3v) is 5.73. The molecule has 8 heteroatoms. The van der Waals surface area contributed by atoms with E-state index in [1.165, 1.54) is 26.2 Å². The Morgan fingerprint density at radius 1 is 0.964 bits per heavy atom. The topological polar surface area (TPSA) is 65.1 Å². The van der Waals surface area contributed by atoms with E-state index in [1.54, 1.807) is 36.4 Å². The van der Waals surface area contributed by atoms with Crippen LogP contribution in [0.2, 0.25) is 5.02 Å². The molecule has 0 bridgehead atoms. The van der Waals surface area contributed by atoms with E-state index in [-0.39, 0.29) is 17.7 Å². The van der Waals surface area contributed by atoms with E-state index < -0.39 is 5.25 Å². The van der Waals surface area contributed by atoms with Crippen molar-refractivity contribution in [1.82, 2.24) is 4.90 Å². The number of amides is 2. The maximum absolute atomic E-state index is 12.8. The van der Waals surface area contributed by atoms with Crippen molar-refractivity contribution in [3.05, 3.63) is 52.5 Å². The van der Waals surface area contributed by atoms with E-state index >= 15 is 0 Å². The van der Waals surface area contributed by atoms with Crippen molar-refractivity contribution in [3.8, 4) is 17.2 Å². The number of carbonyl (C=O) groups is 2. The van der Waals surface area contributed by atoms with E-state index in [0.29, 0.717) is 28.7 Å². The number of hydrogen-bond donors (Lipinski definition) is 0. The van der Waals surface area contributed by atoms with Gasteiger partial charge < -0.3 is 14.2 Å². The second kappa shape index (κ2) is 8.75. The normalized spacial score (nSPS) is 16.4. The zero-order valence-electron chi connectivity index (χ0n) is 15.7. The Balaban J connectivity index is 1.77. The van der Waals surface area contributed by atoms with Gasteiger partial charge in [0.2, 0.25) is 11.7 Å². The van der Waals surface area contributed by atoms with Crippen LogP contribution >= 0.6 is 23.4 Å². The van der Waals surface area contributed by atoms with Gasteiger partial charge in [0.1, 0.15) is 0 Å². The molecule has 1 saturated heterocycles. The maximum Gasteiger partial charge on any atom is 0.289 e. The van der Waals surface area contributed by atoms with Gasteiger partial charge in [-0.1, -0.05) is 35.5 Å². The minimum Gasteiger partial charge on any atom is -0.493 e. The molecule has 148 valence electrons. The first-order valence-electron chi connectivity index (χ1n) is 8.52. The number of carbonyl (C=O) groups excluding carboxylic acids is 2. The second-order valence-corrected chi connectivity index (χ2v) is 7.75. The average molecular weight is 422 g/mol. The first kappa shape index (κ1) is 20.4. The van der Waals surface area contributed by atoms with Crippen molar-refractivity contribution >= 4 is 34.5 Å². The number of hydrogen-bond acceptors (Lipinski definition) is 6. The summed E-state index contributed by atoms with van der Waals surface area (Å²) in [4.78, 5) is 26.4. The Morgan fingerprint density at radius 3 is 2.11 bits per heavy atom. The number of imide groups is 1. The number of thioether (sulfide) groups is 1. The molecule has 2 aromatic carbocycles. The summed E-state index contributed by atoms with van der Waals surface area (Å²) in [6, 6.07) is 10.7. The van der Waals surface area contributed by atoms with Gasteiger partial charge in [-0.15, -0.1) is 0 Å². The molecule has 1 heterocycles. The van der Waals surface area contributed by atoms with Crippen molar-refractivity contribution in [2.75, 3.05) is 21.3 Å². The monoisotopic (exact) mass is 421 g/mol. The summed E-state index contributed by atoms with van der Waals surface area (Å²) in [6.07, 6.45) is 0.378. The summed E-state index contributed by atoms with van der Waals surface area (Å²) >= 11 is 6.92. The van der Waals surface area contributed by atoms with Gasteiger partial charge in [0, 0.05) is 5.02 Å². The molecule has 2 aromatic rings. The zero-order chi connectivity index (χ0) is 20.3. The summed E-state index contributed by atoms with van der Waals surface area (Å²) < 4.78 is 16.0. The van der Waals surface area contributed by atoms with Crippen molar-refractivity contribution in [2.45, 2.75) is 18.2 Å². The molecule has 1 aliphatic heterocycles. The predicted molar refractivity (Wildman–Crippen MR) is 109 cm³/mol. The third-order valence-electron chi connectivity index (χ3n) is 4.40. The molecule has 1 fully saturated rings. The summed E-state index contributed by atoms with van der Waals surface area (Å²) in [5.41, 5.74) is 1.67. The van der Waals surface area contributed by atoms with Gasteiger partial charge in [0.15, 0.2) is 11.5 Å². The minimum atomic E-state index is -0.498. The largest absolute Gasteiger partial charge is 0.493 e. The lowest BCUT2D eigenvalue weighted by Gasteiger charge is -2.16. The summed E-state index contributed by atoms with van der Waals surface area (Å²) in [6.45, 7) is 0.230. The second-order valence-electron chi connectivity index (χ2n) is 6.16. The van der Waals surface area contributed by atoms with E-state index in [4.69, 9.17) is 25.8 Å². The molecule has 0 spiro atoms. The Hall–Kier alpha value is -2.38. The van der Waals surface area contributed by atoms with E-state index in [0.717, 1.165) is 22.9 Å². The van der Waals surface area contributed by atoms with Crippen LogP contribution in [0.25, 0.3) is 0 Å². The van der Waals surface area contributed by atoms with Gasteiger partial charge in [-0.25, -0.2) is 0 Å². The van der Waals surface area contributed by atoms with Crippen LogP contribution < -0.4 is 14.2 Å². The predicted octanol–water partition coefficient (Wildman–Crippen LogP) is 4.17. The van der Waals surface area contributed by atoms with Crippen molar-refractivity contribution in [3.63, 3.8) is 0 Å². The fourth-order valence-corrected chi connectivity index (χ4v) is 4.17. The SMILES string of the molecule is COc1cc(C[C@H]2SC(=O)N(Cc3ccc(Cl)cc3)C2=O)cc(OC)c1OC. The first-order chi connectivity index (χ1) is 13.5. The molecule has 1 aliphatic rings. The van der Waals surface area contributed by atoms with Crippen LogP contribution in [0.1, 0.15) is 11.1 Å².